The number of rotatable bonds is 2. The Bertz CT molecular complexity index is 881. The molecular weight excluding hydrogens is 262 g/mol. The average Bonchev–Trinajstić information content (AvgIpc) is 2.47. The van der Waals surface area contributed by atoms with E-state index in [9.17, 15) is 4.79 Å². The minimum Gasteiger partial charge on any atom is -0.305 e. The zero-order valence-electron chi connectivity index (χ0n) is 12.4. The lowest BCUT2D eigenvalue weighted by molar-refractivity contribution is 0.963. The summed E-state index contributed by atoms with van der Waals surface area (Å²) < 4.78 is 0. The first-order valence-corrected chi connectivity index (χ1v) is 7.06. The molecule has 0 fully saturated rings. The van der Waals surface area contributed by atoms with Gasteiger partial charge in [0.25, 0.3) is 5.56 Å². The predicted molar refractivity (Wildman–Crippen MR) is 84.4 cm³/mol. The lowest BCUT2D eigenvalue weighted by Crippen LogP contribution is -2.17. The van der Waals surface area contributed by atoms with E-state index in [1.165, 1.54) is 0 Å². The van der Waals surface area contributed by atoms with Gasteiger partial charge in [0.2, 0.25) is 0 Å². The molecule has 1 aromatic carbocycles. The van der Waals surface area contributed by atoms with Gasteiger partial charge in [-0.2, -0.15) is 0 Å². The second-order valence-electron chi connectivity index (χ2n) is 5.17. The number of pyridine rings is 1. The lowest BCUT2D eigenvalue weighted by atomic mass is 10.1. The zero-order valence-corrected chi connectivity index (χ0v) is 12.4. The third kappa shape index (κ3) is 2.33. The van der Waals surface area contributed by atoms with Crippen molar-refractivity contribution in [2.24, 2.45) is 0 Å². The number of aromatic nitrogens is 3. The number of fused-ring (bicyclic) bond motifs is 1. The van der Waals surface area contributed by atoms with E-state index >= 15 is 0 Å². The number of nitrogens with one attached hydrogen (secondary N) is 1. The number of para-hydroxylation sites is 1. The highest BCUT2D eigenvalue weighted by molar-refractivity contribution is 5.84. The van der Waals surface area contributed by atoms with Crippen LogP contribution in [0.3, 0.4) is 0 Å². The molecule has 0 spiro atoms. The van der Waals surface area contributed by atoms with Crippen LogP contribution in [0.5, 0.6) is 0 Å². The van der Waals surface area contributed by atoms with E-state index in [-0.39, 0.29) is 5.56 Å². The molecule has 0 saturated carbocycles. The van der Waals surface area contributed by atoms with E-state index in [2.05, 4.69) is 15.0 Å². The lowest BCUT2D eigenvalue weighted by Gasteiger charge is -2.08. The van der Waals surface area contributed by atoms with Gasteiger partial charge in [0, 0.05) is 16.6 Å². The fraction of sp³-hybridized carbons (Fsp3) is 0.235. The first-order valence-electron chi connectivity index (χ1n) is 7.06. The van der Waals surface area contributed by atoms with Crippen molar-refractivity contribution < 1.29 is 0 Å². The Morgan fingerprint density at radius 2 is 1.90 bits per heavy atom. The maximum absolute atomic E-state index is 12.1. The molecule has 1 N–H and O–H groups in total. The zero-order chi connectivity index (χ0) is 15.0. The smallest absolute Gasteiger partial charge is 0.254 e. The van der Waals surface area contributed by atoms with Gasteiger partial charge in [-0.1, -0.05) is 25.1 Å². The summed E-state index contributed by atoms with van der Waals surface area (Å²) in [6, 6.07) is 9.93. The third-order valence-corrected chi connectivity index (χ3v) is 3.74. The minimum atomic E-state index is -0.0763. The Morgan fingerprint density at radius 1 is 1.14 bits per heavy atom. The molecule has 3 rings (SSSR count). The summed E-state index contributed by atoms with van der Waals surface area (Å²) >= 11 is 0. The molecule has 2 aromatic heterocycles. The van der Waals surface area contributed by atoms with Crippen molar-refractivity contribution in [1.82, 2.24) is 15.0 Å². The van der Waals surface area contributed by atoms with Crippen LogP contribution in [-0.2, 0) is 6.42 Å². The number of benzene rings is 1. The summed E-state index contributed by atoms with van der Waals surface area (Å²) in [6.07, 6.45) is 0.679. The molecule has 0 amide bonds. The predicted octanol–water partition coefficient (Wildman–Crippen LogP) is 3.16. The van der Waals surface area contributed by atoms with Gasteiger partial charge in [-0.3, -0.25) is 4.79 Å². The molecule has 0 aliphatic rings. The van der Waals surface area contributed by atoms with Crippen LogP contribution < -0.4 is 5.56 Å². The SMILES string of the molecule is CCc1c(C)nc(-c2cc(C)c3ccccc3n2)[nH]c1=O. The molecule has 0 aliphatic carbocycles. The monoisotopic (exact) mass is 279 g/mol. The Hall–Kier alpha value is -2.49. The van der Waals surface area contributed by atoms with Gasteiger partial charge in [-0.15, -0.1) is 0 Å². The fourth-order valence-corrected chi connectivity index (χ4v) is 2.62. The molecule has 4 nitrogen and oxygen atoms in total. The van der Waals surface area contributed by atoms with Crippen molar-refractivity contribution in [1.29, 1.82) is 0 Å². The minimum absolute atomic E-state index is 0.0763. The molecule has 0 unspecified atom stereocenters. The molecule has 0 aliphatic heterocycles. The standard InChI is InChI=1S/C17H17N3O/c1-4-12-11(3)18-16(20-17(12)21)15-9-10(2)13-7-5-6-8-14(13)19-15/h5-9H,4H2,1-3H3,(H,18,20,21). The van der Waals surface area contributed by atoms with Crippen molar-refractivity contribution >= 4 is 10.9 Å². The molecule has 21 heavy (non-hydrogen) atoms. The van der Waals surface area contributed by atoms with Gasteiger partial charge in [-0.05, 0) is 38.0 Å². The number of aryl methyl sites for hydroxylation is 2. The number of nitrogens with zero attached hydrogens (tertiary/aromatic N) is 2. The first kappa shape index (κ1) is 13.5. The van der Waals surface area contributed by atoms with Gasteiger partial charge >= 0.3 is 0 Å². The van der Waals surface area contributed by atoms with E-state index in [0.29, 0.717) is 17.9 Å². The molecule has 3 aromatic rings. The van der Waals surface area contributed by atoms with Gasteiger partial charge in [0.15, 0.2) is 5.82 Å². The maximum atomic E-state index is 12.1. The van der Waals surface area contributed by atoms with Gasteiger partial charge in [-0.25, -0.2) is 9.97 Å². The molecule has 4 heteroatoms. The van der Waals surface area contributed by atoms with Crippen molar-refractivity contribution in [3.63, 3.8) is 0 Å². The quantitative estimate of drug-likeness (QED) is 0.784. The topological polar surface area (TPSA) is 58.6 Å². The van der Waals surface area contributed by atoms with E-state index in [1.807, 2.05) is 51.1 Å². The summed E-state index contributed by atoms with van der Waals surface area (Å²) in [5, 5.41) is 1.12. The largest absolute Gasteiger partial charge is 0.305 e. The van der Waals surface area contributed by atoms with Crippen molar-refractivity contribution in [3.05, 3.63) is 57.5 Å². The number of aromatic amines is 1. The highest BCUT2D eigenvalue weighted by Gasteiger charge is 2.10. The van der Waals surface area contributed by atoms with E-state index in [4.69, 9.17) is 0 Å². The number of H-pyrrole nitrogens is 1. The molecule has 0 radical (unpaired) electrons. The van der Waals surface area contributed by atoms with Crippen molar-refractivity contribution in [2.75, 3.05) is 0 Å². The Labute approximate surface area is 122 Å². The van der Waals surface area contributed by atoms with Gasteiger partial charge in [0.1, 0.15) is 5.69 Å². The maximum Gasteiger partial charge on any atom is 0.254 e. The van der Waals surface area contributed by atoms with Crippen LogP contribution in [0.15, 0.2) is 35.1 Å². The number of hydrogen-bond acceptors (Lipinski definition) is 3. The van der Waals surface area contributed by atoms with E-state index < -0.39 is 0 Å². The van der Waals surface area contributed by atoms with Crippen LogP contribution in [-0.4, -0.2) is 15.0 Å². The normalized spacial score (nSPS) is 11.0. The van der Waals surface area contributed by atoms with Crippen LogP contribution in [0.2, 0.25) is 0 Å². The van der Waals surface area contributed by atoms with Gasteiger partial charge in [0.05, 0.1) is 5.52 Å². The Kier molecular flexibility index (Phi) is 3.29. The highest BCUT2D eigenvalue weighted by Crippen LogP contribution is 2.22. The Morgan fingerprint density at radius 3 is 2.62 bits per heavy atom. The summed E-state index contributed by atoms with van der Waals surface area (Å²) in [7, 11) is 0. The van der Waals surface area contributed by atoms with Gasteiger partial charge < -0.3 is 4.98 Å². The summed E-state index contributed by atoms with van der Waals surface area (Å²) in [5.41, 5.74) is 4.16. The number of hydrogen-bond donors (Lipinski definition) is 1. The summed E-state index contributed by atoms with van der Waals surface area (Å²) in [4.78, 5) is 24.1. The van der Waals surface area contributed by atoms with Crippen LogP contribution in [0.4, 0.5) is 0 Å². The Balaban J connectivity index is 2.23. The highest BCUT2D eigenvalue weighted by atomic mass is 16.1. The first-order chi connectivity index (χ1) is 10.1. The van der Waals surface area contributed by atoms with E-state index in [0.717, 1.165) is 27.7 Å². The summed E-state index contributed by atoms with van der Waals surface area (Å²) in [5.74, 6) is 0.531. The second kappa shape index (κ2) is 5.13. The summed E-state index contributed by atoms with van der Waals surface area (Å²) in [6.45, 7) is 5.86. The molecule has 0 bridgehead atoms. The molecule has 2 heterocycles. The van der Waals surface area contributed by atoms with Crippen LogP contribution in [0.1, 0.15) is 23.7 Å². The van der Waals surface area contributed by atoms with Crippen LogP contribution in [0.25, 0.3) is 22.4 Å². The molecular formula is C17H17N3O. The third-order valence-electron chi connectivity index (χ3n) is 3.74. The fourth-order valence-electron chi connectivity index (χ4n) is 2.62. The van der Waals surface area contributed by atoms with Crippen molar-refractivity contribution in [3.8, 4) is 11.5 Å². The van der Waals surface area contributed by atoms with Crippen molar-refractivity contribution in [2.45, 2.75) is 27.2 Å². The average molecular weight is 279 g/mol. The molecule has 0 atom stereocenters. The molecule has 106 valence electrons. The van der Waals surface area contributed by atoms with Crippen LogP contribution in [0, 0.1) is 13.8 Å². The van der Waals surface area contributed by atoms with Crippen LogP contribution >= 0.6 is 0 Å². The molecule has 0 saturated heterocycles. The second-order valence-corrected chi connectivity index (χ2v) is 5.17. The van der Waals surface area contributed by atoms with E-state index in [1.54, 1.807) is 0 Å².